The lowest BCUT2D eigenvalue weighted by Gasteiger charge is -2.19. The Balaban J connectivity index is 0.000000687. The molecule has 1 N–H and O–H groups in total. The third kappa shape index (κ3) is 4.07. The van der Waals surface area contributed by atoms with Crippen molar-refractivity contribution in [2.24, 2.45) is 0 Å². The van der Waals surface area contributed by atoms with E-state index in [9.17, 15) is 0 Å². The van der Waals surface area contributed by atoms with Crippen LogP contribution in [0.3, 0.4) is 0 Å². The molecule has 0 heterocycles. The highest BCUT2D eigenvalue weighted by Crippen LogP contribution is 2.49. The van der Waals surface area contributed by atoms with E-state index in [-0.39, 0.29) is 12.7 Å². The quantitative estimate of drug-likeness (QED) is 0.421. The molecule has 1 aliphatic carbocycles. The second-order valence-corrected chi connectivity index (χ2v) is 6.85. The van der Waals surface area contributed by atoms with Crippen LogP contribution in [0.5, 0.6) is 17.2 Å². The Labute approximate surface area is 177 Å². The monoisotopic (exact) mass is 396 g/mol. The average Bonchev–Trinajstić information content (AvgIpc) is 3.11. The van der Waals surface area contributed by atoms with E-state index in [4.69, 9.17) is 14.6 Å². The lowest BCUT2D eigenvalue weighted by molar-refractivity contribution is 0.248. The smallest absolute Gasteiger partial charge is 0.154 e. The Morgan fingerprint density at radius 3 is 1.93 bits per heavy atom. The van der Waals surface area contributed by atoms with E-state index in [0.29, 0.717) is 0 Å². The van der Waals surface area contributed by atoms with Crippen LogP contribution in [-0.2, 0) is 0 Å². The van der Waals surface area contributed by atoms with E-state index >= 15 is 0 Å². The molecule has 0 spiro atoms. The third-order valence-electron chi connectivity index (χ3n) is 4.83. The number of para-hydroxylation sites is 2. The maximum absolute atomic E-state index is 7.57. The maximum atomic E-state index is 7.57. The maximum Gasteiger partial charge on any atom is 0.154 e. The number of rotatable bonds is 4. The van der Waals surface area contributed by atoms with Gasteiger partial charge in [0.2, 0.25) is 0 Å². The minimum absolute atomic E-state index is 0.196. The molecule has 4 aromatic carbocycles. The minimum Gasteiger partial charge on any atom is -0.481 e. The van der Waals surface area contributed by atoms with E-state index in [1.165, 1.54) is 16.7 Å². The van der Waals surface area contributed by atoms with Crippen LogP contribution >= 0.6 is 0 Å². The van der Waals surface area contributed by atoms with Gasteiger partial charge in [-0.3, -0.25) is 0 Å². The Kier molecular flexibility index (Phi) is 6.11. The summed E-state index contributed by atoms with van der Waals surface area (Å²) in [6.45, 7) is 1.93. The van der Waals surface area contributed by atoms with Crippen molar-refractivity contribution in [3.8, 4) is 28.4 Å². The zero-order valence-electron chi connectivity index (χ0n) is 16.9. The Bertz CT molecular complexity index is 1090. The predicted octanol–water partition coefficient (Wildman–Crippen LogP) is 6.63. The summed E-state index contributed by atoms with van der Waals surface area (Å²) in [6.07, 6.45) is -0.196. The summed E-state index contributed by atoms with van der Waals surface area (Å²) in [4.78, 5) is 0. The molecule has 4 aromatic rings. The molecule has 0 fully saturated rings. The van der Waals surface area contributed by atoms with E-state index in [0.717, 1.165) is 22.8 Å². The normalized spacial score (nSPS) is 13.5. The molecule has 30 heavy (non-hydrogen) atoms. The Morgan fingerprint density at radius 2 is 1.23 bits per heavy atom. The molecular formula is C27H24O3. The molecule has 1 aliphatic rings. The van der Waals surface area contributed by atoms with Crippen molar-refractivity contribution < 1.29 is 14.6 Å². The van der Waals surface area contributed by atoms with Crippen molar-refractivity contribution in [3.05, 3.63) is 114 Å². The van der Waals surface area contributed by atoms with Gasteiger partial charge in [-0.15, -0.1) is 0 Å². The molecule has 3 nitrogen and oxygen atoms in total. The minimum atomic E-state index is -0.196. The molecule has 1 unspecified atom stereocenters. The summed E-state index contributed by atoms with van der Waals surface area (Å²) < 4.78 is 12.7. The zero-order valence-corrected chi connectivity index (χ0v) is 16.9. The molecule has 0 saturated heterocycles. The van der Waals surface area contributed by atoms with Gasteiger partial charge >= 0.3 is 0 Å². The standard InChI is InChI=1S/C25H18O2.C2H6O/c1-3-10-18(11-4-1)26-23-17-9-16-21-20-14-7-8-15-22(20)25(24(21)23)27-19-12-5-2-6-13-19;1-2-3/h1-17,25H;3H,2H2,1H3. The second kappa shape index (κ2) is 9.29. The SMILES string of the molecule is CCO.c1ccc(Oc2cccc3c2C(Oc2ccccc2)c2ccccc2-3)cc1. The van der Waals surface area contributed by atoms with Gasteiger partial charge in [-0.1, -0.05) is 72.8 Å². The van der Waals surface area contributed by atoms with Crippen molar-refractivity contribution in [1.29, 1.82) is 0 Å². The van der Waals surface area contributed by atoms with Crippen LogP contribution in [0.15, 0.2) is 103 Å². The zero-order chi connectivity index (χ0) is 20.8. The first-order valence-corrected chi connectivity index (χ1v) is 10.1. The van der Waals surface area contributed by atoms with E-state index in [1.807, 2.05) is 72.8 Å². The fraction of sp³-hybridized carbons (Fsp3) is 0.111. The van der Waals surface area contributed by atoms with Crippen LogP contribution in [-0.4, -0.2) is 11.7 Å². The highest BCUT2D eigenvalue weighted by Gasteiger charge is 2.33. The number of hydrogen-bond acceptors (Lipinski definition) is 3. The van der Waals surface area contributed by atoms with Gasteiger partial charge in [0.05, 0.1) is 0 Å². The summed E-state index contributed by atoms with van der Waals surface area (Å²) in [7, 11) is 0. The first-order chi connectivity index (χ1) is 14.8. The summed E-state index contributed by atoms with van der Waals surface area (Å²) in [6, 6.07) is 34.4. The summed E-state index contributed by atoms with van der Waals surface area (Å²) in [5.74, 6) is 2.50. The van der Waals surface area contributed by atoms with Gasteiger partial charge in [-0.25, -0.2) is 0 Å². The van der Waals surface area contributed by atoms with Gasteiger partial charge in [0.15, 0.2) is 6.10 Å². The summed E-state index contributed by atoms with van der Waals surface area (Å²) in [5, 5.41) is 7.57. The van der Waals surface area contributed by atoms with Crippen molar-refractivity contribution in [3.63, 3.8) is 0 Å². The van der Waals surface area contributed by atoms with Gasteiger partial charge in [0, 0.05) is 17.7 Å². The van der Waals surface area contributed by atoms with E-state index in [2.05, 4.69) is 30.3 Å². The molecule has 0 saturated carbocycles. The van der Waals surface area contributed by atoms with Crippen LogP contribution in [0, 0.1) is 0 Å². The van der Waals surface area contributed by atoms with E-state index in [1.54, 1.807) is 6.92 Å². The summed E-state index contributed by atoms with van der Waals surface area (Å²) >= 11 is 0. The van der Waals surface area contributed by atoms with Crippen molar-refractivity contribution >= 4 is 0 Å². The van der Waals surface area contributed by atoms with Crippen LogP contribution in [0.25, 0.3) is 11.1 Å². The number of aliphatic hydroxyl groups is 1. The lowest BCUT2D eigenvalue weighted by Crippen LogP contribution is -2.07. The Hall–Kier alpha value is -3.56. The highest BCUT2D eigenvalue weighted by molar-refractivity contribution is 5.80. The van der Waals surface area contributed by atoms with Gasteiger partial charge in [-0.05, 0) is 48.4 Å². The number of aliphatic hydroxyl groups excluding tert-OH is 1. The number of hydrogen-bond donors (Lipinski definition) is 1. The first kappa shape index (κ1) is 19.7. The molecule has 1 atom stereocenters. The molecule has 0 aromatic heterocycles. The molecule has 0 aliphatic heterocycles. The van der Waals surface area contributed by atoms with Crippen LogP contribution in [0.4, 0.5) is 0 Å². The molecule has 0 bridgehead atoms. The number of benzene rings is 4. The summed E-state index contributed by atoms with van der Waals surface area (Å²) in [5.41, 5.74) is 4.61. The van der Waals surface area contributed by atoms with Crippen molar-refractivity contribution in [2.45, 2.75) is 13.0 Å². The molecule has 150 valence electrons. The van der Waals surface area contributed by atoms with Crippen LogP contribution < -0.4 is 9.47 Å². The van der Waals surface area contributed by atoms with Crippen molar-refractivity contribution in [1.82, 2.24) is 0 Å². The fourth-order valence-electron chi connectivity index (χ4n) is 3.64. The molecule has 0 radical (unpaired) electrons. The average molecular weight is 396 g/mol. The number of ether oxygens (including phenoxy) is 2. The van der Waals surface area contributed by atoms with Crippen LogP contribution in [0.2, 0.25) is 0 Å². The molecule has 3 heteroatoms. The van der Waals surface area contributed by atoms with Crippen LogP contribution in [0.1, 0.15) is 24.2 Å². The Morgan fingerprint density at radius 1 is 0.667 bits per heavy atom. The predicted molar refractivity (Wildman–Crippen MR) is 120 cm³/mol. The van der Waals surface area contributed by atoms with Crippen molar-refractivity contribution in [2.75, 3.05) is 6.61 Å². The largest absolute Gasteiger partial charge is 0.481 e. The molecule has 0 amide bonds. The lowest BCUT2D eigenvalue weighted by atomic mass is 10.1. The second-order valence-electron chi connectivity index (χ2n) is 6.85. The van der Waals surface area contributed by atoms with Gasteiger partial charge in [-0.2, -0.15) is 0 Å². The number of fused-ring (bicyclic) bond motifs is 3. The first-order valence-electron chi connectivity index (χ1n) is 10.1. The van der Waals surface area contributed by atoms with Gasteiger partial charge in [0.25, 0.3) is 0 Å². The third-order valence-corrected chi connectivity index (χ3v) is 4.83. The molecular weight excluding hydrogens is 372 g/mol. The molecule has 5 rings (SSSR count). The van der Waals surface area contributed by atoms with Gasteiger partial charge in [0.1, 0.15) is 17.2 Å². The highest BCUT2D eigenvalue weighted by atomic mass is 16.5. The topological polar surface area (TPSA) is 38.7 Å². The van der Waals surface area contributed by atoms with Gasteiger partial charge < -0.3 is 14.6 Å². The fourth-order valence-corrected chi connectivity index (χ4v) is 3.64. The van der Waals surface area contributed by atoms with E-state index < -0.39 is 0 Å².